The van der Waals surface area contributed by atoms with Gasteiger partial charge in [0.25, 0.3) is 0 Å². The third-order valence-electron chi connectivity index (χ3n) is 2.15. The maximum atomic E-state index is 11.0. The molecule has 0 saturated heterocycles. The molecule has 0 aliphatic carbocycles. The van der Waals surface area contributed by atoms with Gasteiger partial charge in [0.05, 0.1) is 5.41 Å². The van der Waals surface area contributed by atoms with E-state index >= 15 is 0 Å². The van der Waals surface area contributed by atoms with Gasteiger partial charge in [0.1, 0.15) is 0 Å². The van der Waals surface area contributed by atoms with Gasteiger partial charge in [0.2, 0.25) is 0 Å². The number of hydrogen-bond donors (Lipinski definition) is 2. The van der Waals surface area contributed by atoms with Crippen LogP contribution >= 0.6 is 0 Å². The van der Waals surface area contributed by atoms with Crippen molar-refractivity contribution < 1.29 is 19.8 Å². The fraction of sp³-hybridized carbons (Fsp3) is 0.455. The molecule has 0 aromatic rings. The summed E-state index contributed by atoms with van der Waals surface area (Å²) in [5, 5.41) is 17.5. The first-order chi connectivity index (χ1) is 6.98. The molecule has 15 heavy (non-hydrogen) atoms. The van der Waals surface area contributed by atoms with E-state index in [0.29, 0.717) is 0 Å². The van der Waals surface area contributed by atoms with Gasteiger partial charge >= 0.3 is 11.9 Å². The van der Waals surface area contributed by atoms with E-state index in [1.54, 1.807) is 0 Å². The predicted molar refractivity (Wildman–Crippen MR) is 53.8 cm³/mol. The molecule has 0 heterocycles. The zero-order valence-electron chi connectivity index (χ0n) is 8.19. The van der Waals surface area contributed by atoms with Crippen molar-refractivity contribution in [1.82, 2.24) is 0 Å². The maximum Gasteiger partial charge on any atom is 0.311 e. The minimum absolute atomic E-state index is 0.0495. The monoisotopic (exact) mass is 208 g/mol. The highest BCUT2D eigenvalue weighted by Gasteiger charge is 2.37. The number of carboxylic acids is 2. The van der Waals surface area contributed by atoms with Crippen LogP contribution in [0.2, 0.25) is 0 Å². The van der Waals surface area contributed by atoms with Crippen molar-refractivity contribution in [3.05, 3.63) is 0 Å². The van der Waals surface area contributed by atoms with Gasteiger partial charge in [0.15, 0.2) is 0 Å². The van der Waals surface area contributed by atoms with E-state index in [9.17, 15) is 9.59 Å². The molecule has 0 aliphatic heterocycles. The Morgan fingerprint density at radius 3 is 1.87 bits per heavy atom. The molecule has 80 valence electrons. The summed E-state index contributed by atoms with van der Waals surface area (Å²) in [6.07, 6.45) is 9.70. The Bertz CT molecular complexity index is 313. The van der Waals surface area contributed by atoms with Crippen LogP contribution in [0.3, 0.4) is 0 Å². The van der Waals surface area contributed by atoms with Gasteiger partial charge in [-0.3, -0.25) is 9.59 Å². The normalized spacial score (nSPS) is 10.0. The molecule has 0 fully saturated rings. The van der Waals surface area contributed by atoms with Crippen LogP contribution in [0.15, 0.2) is 0 Å². The Kier molecular flexibility index (Phi) is 4.98. The predicted octanol–water partition coefficient (Wildman–Crippen LogP) is 0.969. The van der Waals surface area contributed by atoms with Gasteiger partial charge in [-0.25, -0.2) is 0 Å². The van der Waals surface area contributed by atoms with Crippen LogP contribution in [-0.4, -0.2) is 22.2 Å². The first kappa shape index (κ1) is 13.1. The van der Waals surface area contributed by atoms with E-state index in [1.165, 1.54) is 0 Å². The summed E-state index contributed by atoms with van der Waals surface area (Å²) in [7, 11) is 0. The van der Waals surface area contributed by atoms with Crippen LogP contribution in [0.1, 0.15) is 25.7 Å². The van der Waals surface area contributed by atoms with Crippen molar-refractivity contribution in [2.24, 2.45) is 5.41 Å². The van der Waals surface area contributed by atoms with E-state index in [1.807, 2.05) is 0 Å². The van der Waals surface area contributed by atoms with Crippen LogP contribution in [0.5, 0.6) is 0 Å². The highest BCUT2D eigenvalue weighted by Crippen LogP contribution is 2.32. The van der Waals surface area contributed by atoms with Gasteiger partial charge < -0.3 is 10.2 Å². The van der Waals surface area contributed by atoms with Crippen molar-refractivity contribution in [1.29, 1.82) is 0 Å². The minimum Gasteiger partial charge on any atom is -0.481 e. The molecule has 0 aliphatic rings. The maximum absolute atomic E-state index is 11.0. The average molecular weight is 208 g/mol. The smallest absolute Gasteiger partial charge is 0.311 e. The van der Waals surface area contributed by atoms with Crippen molar-refractivity contribution in [2.75, 3.05) is 0 Å². The second-order valence-corrected chi connectivity index (χ2v) is 3.24. The summed E-state index contributed by atoms with van der Waals surface area (Å²) in [4.78, 5) is 21.4. The Balaban J connectivity index is 4.80. The van der Waals surface area contributed by atoms with Crippen molar-refractivity contribution in [3.63, 3.8) is 0 Å². The lowest BCUT2D eigenvalue weighted by Gasteiger charge is -2.24. The number of carbonyl (C=O) groups is 2. The second-order valence-electron chi connectivity index (χ2n) is 3.24. The molecule has 0 spiro atoms. The zero-order valence-corrected chi connectivity index (χ0v) is 8.19. The average Bonchev–Trinajstić information content (AvgIpc) is 2.14. The highest BCUT2D eigenvalue weighted by molar-refractivity contribution is 5.77. The van der Waals surface area contributed by atoms with E-state index in [4.69, 9.17) is 23.1 Å². The summed E-state index contributed by atoms with van der Waals surface area (Å²) >= 11 is 0. The molecular formula is C11H12O4. The number of carboxylic acid groups (broad SMARTS) is 2. The molecule has 0 bridgehead atoms. The molecule has 4 heteroatoms. The first-order valence-corrected chi connectivity index (χ1v) is 4.30. The fourth-order valence-corrected chi connectivity index (χ4v) is 1.23. The standard InChI is InChI=1S/C11H12O4/c1-3-6-11(7-4-2,10(14)15)8-5-9(12)13/h1-2H,5-8H2,(H,12,13)(H,14,15). The van der Waals surface area contributed by atoms with E-state index in [0.717, 1.165) is 0 Å². The third kappa shape index (κ3) is 3.74. The lowest BCUT2D eigenvalue weighted by molar-refractivity contribution is -0.149. The molecule has 0 aromatic heterocycles. The summed E-state index contributed by atoms with van der Waals surface area (Å²) in [5.41, 5.74) is -1.30. The Morgan fingerprint density at radius 1 is 1.13 bits per heavy atom. The number of rotatable bonds is 6. The van der Waals surface area contributed by atoms with Crippen LogP contribution in [0.25, 0.3) is 0 Å². The highest BCUT2D eigenvalue weighted by atomic mass is 16.4. The zero-order chi connectivity index (χ0) is 11.9. The lowest BCUT2D eigenvalue weighted by atomic mass is 9.77. The minimum atomic E-state index is -1.30. The Hall–Kier alpha value is -1.94. The molecular weight excluding hydrogens is 196 g/mol. The van der Waals surface area contributed by atoms with Gasteiger partial charge in [-0.05, 0) is 6.42 Å². The van der Waals surface area contributed by atoms with Gasteiger partial charge in [0, 0.05) is 19.3 Å². The summed E-state index contributed by atoms with van der Waals surface area (Å²) in [6.45, 7) is 0. The molecule has 0 radical (unpaired) electrons. The number of hydrogen-bond acceptors (Lipinski definition) is 2. The fourth-order valence-electron chi connectivity index (χ4n) is 1.23. The molecule has 0 aromatic carbocycles. The van der Waals surface area contributed by atoms with Crippen LogP contribution < -0.4 is 0 Å². The lowest BCUT2D eigenvalue weighted by Crippen LogP contribution is -2.31. The van der Waals surface area contributed by atoms with E-state index < -0.39 is 17.4 Å². The Labute approximate surface area is 88.3 Å². The van der Waals surface area contributed by atoms with E-state index in [2.05, 4.69) is 11.8 Å². The summed E-state index contributed by atoms with van der Waals surface area (Å²) in [5.74, 6) is 2.26. The summed E-state index contributed by atoms with van der Waals surface area (Å²) in [6, 6.07) is 0. The van der Waals surface area contributed by atoms with Gasteiger partial charge in [-0.15, -0.1) is 24.7 Å². The van der Waals surface area contributed by atoms with Crippen molar-refractivity contribution in [3.8, 4) is 24.7 Å². The molecule has 0 saturated carbocycles. The largest absolute Gasteiger partial charge is 0.481 e. The van der Waals surface area contributed by atoms with E-state index in [-0.39, 0.29) is 25.7 Å². The molecule has 4 nitrogen and oxygen atoms in total. The molecule has 2 N–H and O–H groups in total. The van der Waals surface area contributed by atoms with Gasteiger partial charge in [-0.1, -0.05) is 0 Å². The number of aliphatic carboxylic acids is 2. The van der Waals surface area contributed by atoms with Crippen molar-refractivity contribution in [2.45, 2.75) is 25.7 Å². The Morgan fingerprint density at radius 2 is 1.60 bits per heavy atom. The van der Waals surface area contributed by atoms with Crippen molar-refractivity contribution >= 4 is 11.9 Å². The molecule has 0 rings (SSSR count). The summed E-state index contributed by atoms with van der Waals surface area (Å²) < 4.78 is 0. The van der Waals surface area contributed by atoms with Crippen LogP contribution in [0.4, 0.5) is 0 Å². The van der Waals surface area contributed by atoms with Crippen LogP contribution in [0, 0.1) is 30.1 Å². The SMILES string of the molecule is C#CCC(CC#C)(CCC(=O)O)C(=O)O. The second kappa shape index (κ2) is 5.72. The number of terminal acetylenes is 2. The quantitative estimate of drug-likeness (QED) is 0.638. The third-order valence-corrected chi connectivity index (χ3v) is 2.15. The first-order valence-electron chi connectivity index (χ1n) is 4.30. The molecule has 0 amide bonds. The van der Waals surface area contributed by atoms with Crippen LogP contribution in [-0.2, 0) is 9.59 Å². The molecule has 0 atom stereocenters. The van der Waals surface area contributed by atoms with Gasteiger partial charge in [-0.2, -0.15) is 0 Å². The molecule has 0 unspecified atom stereocenters. The topological polar surface area (TPSA) is 74.6 Å².